The third kappa shape index (κ3) is 2.00. The number of hydrogen-bond donors (Lipinski definition) is 2. The molecule has 0 spiro atoms. The van der Waals surface area contributed by atoms with E-state index in [1.165, 1.54) is 25.3 Å². The molecule has 0 saturated heterocycles. The molecule has 1 aromatic carbocycles. The standard InChI is InChI=1S/C8H8BO4/c1-13-7-4-5(8(10)11)2-3-6(7)9-12/h2-4,12H,1H3,(H,10,11). The van der Waals surface area contributed by atoms with Gasteiger partial charge in [0.25, 0.3) is 0 Å². The van der Waals surface area contributed by atoms with Crippen LogP contribution in [0.25, 0.3) is 0 Å². The number of rotatable bonds is 3. The third-order valence-corrected chi connectivity index (χ3v) is 1.62. The van der Waals surface area contributed by atoms with Crippen molar-refractivity contribution in [1.82, 2.24) is 0 Å². The summed E-state index contributed by atoms with van der Waals surface area (Å²) < 4.78 is 4.87. The highest BCUT2D eigenvalue weighted by atomic mass is 16.5. The van der Waals surface area contributed by atoms with Crippen LogP contribution in [0.3, 0.4) is 0 Å². The lowest BCUT2D eigenvalue weighted by Gasteiger charge is -2.05. The smallest absolute Gasteiger partial charge is 0.335 e. The third-order valence-electron chi connectivity index (χ3n) is 1.62. The van der Waals surface area contributed by atoms with Crippen LogP contribution >= 0.6 is 0 Å². The summed E-state index contributed by atoms with van der Waals surface area (Å²) in [6, 6.07) is 4.22. The van der Waals surface area contributed by atoms with E-state index in [0.29, 0.717) is 11.2 Å². The zero-order chi connectivity index (χ0) is 9.84. The largest absolute Gasteiger partial charge is 0.497 e. The first-order valence-corrected chi connectivity index (χ1v) is 3.58. The summed E-state index contributed by atoms with van der Waals surface area (Å²) in [6.07, 6.45) is 0. The van der Waals surface area contributed by atoms with Gasteiger partial charge in [0.15, 0.2) is 0 Å². The van der Waals surface area contributed by atoms with E-state index in [1.807, 2.05) is 0 Å². The topological polar surface area (TPSA) is 66.8 Å². The summed E-state index contributed by atoms with van der Waals surface area (Å²) in [5.74, 6) is -0.690. The predicted molar refractivity (Wildman–Crippen MR) is 47.6 cm³/mol. The average molecular weight is 179 g/mol. The Hall–Kier alpha value is -1.49. The molecule has 1 aromatic rings. The highest BCUT2D eigenvalue weighted by molar-refractivity contribution is 6.47. The van der Waals surface area contributed by atoms with Gasteiger partial charge in [0.1, 0.15) is 5.75 Å². The van der Waals surface area contributed by atoms with Crippen molar-refractivity contribution in [2.75, 3.05) is 7.11 Å². The van der Waals surface area contributed by atoms with Gasteiger partial charge in [-0.05, 0) is 17.6 Å². The Bertz CT molecular complexity index is 324. The van der Waals surface area contributed by atoms with Crippen LogP contribution in [0.15, 0.2) is 18.2 Å². The molecule has 1 rings (SSSR count). The highest BCUT2D eigenvalue weighted by Crippen LogP contribution is 2.09. The van der Waals surface area contributed by atoms with E-state index in [9.17, 15) is 4.79 Å². The molecule has 0 saturated carbocycles. The molecule has 13 heavy (non-hydrogen) atoms. The van der Waals surface area contributed by atoms with E-state index in [4.69, 9.17) is 14.9 Å². The summed E-state index contributed by atoms with van der Waals surface area (Å²) >= 11 is 0. The van der Waals surface area contributed by atoms with Crippen LogP contribution in [0.2, 0.25) is 0 Å². The molecule has 5 heteroatoms. The van der Waals surface area contributed by atoms with Crippen molar-refractivity contribution in [3.63, 3.8) is 0 Å². The molecule has 0 bridgehead atoms. The van der Waals surface area contributed by atoms with E-state index < -0.39 is 5.97 Å². The summed E-state index contributed by atoms with van der Waals surface area (Å²) in [6.45, 7) is 0. The fourth-order valence-corrected chi connectivity index (χ4v) is 0.951. The molecule has 2 N–H and O–H groups in total. The second kappa shape index (κ2) is 3.95. The van der Waals surface area contributed by atoms with E-state index in [-0.39, 0.29) is 5.56 Å². The fraction of sp³-hybridized carbons (Fsp3) is 0.125. The second-order valence-electron chi connectivity index (χ2n) is 2.39. The normalized spacial score (nSPS) is 9.38. The summed E-state index contributed by atoms with van der Waals surface area (Å²) in [7, 11) is 2.28. The van der Waals surface area contributed by atoms with Crippen LogP contribution in [-0.4, -0.2) is 30.7 Å². The van der Waals surface area contributed by atoms with E-state index in [1.54, 1.807) is 0 Å². The number of benzene rings is 1. The number of aromatic carboxylic acids is 1. The van der Waals surface area contributed by atoms with Gasteiger partial charge in [0.2, 0.25) is 0 Å². The minimum atomic E-state index is -1.03. The van der Waals surface area contributed by atoms with Crippen LogP contribution in [-0.2, 0) is 0 Å². The van der Waals surface area contributed by atoms with Gasteiger partial charge in [-0.1, -0.05) is 6.07 Å². The molecule has 0 amide bonds. The number of methoxy groups -OCH3 is 1. The van der Waals surface area contributed by atoms with Crippen LogP contribution < -0.4 is 10.2 Å². The lowest BCUT2D eigenvalue weighted by Crippen LogP contribution is -2.17. The lowest BCUT2D eigenvalue weighted by molar-refractivity contribution is 0.0696. The Morgan fingerprint density at radius 2 is 2.23 bits per heavy atom. The highest BCUT2D eigenvalue weighted by Gasteiger charge is 2.08. The minimum Gasteiger partial charge on any atom is -0.497 e. The van der Waals surface area contributed by atoms with Crippen molar-refractivity contribution in [2.24, 2.45) is 0 Å². The van der Waals surface area contributed by atoms with Crippen molar-refractivity contribution in [3.05, 3.63) is 23.8 Å². The van der Waals surface area contributed by atoms with E-state index in [2.05, 4.69) is 0 Å². The average Bonchev–Trinajstić information content (AvgIpc) is 2.16. The number of carboxylic acids is 1. The monoisotopic (exact) mass is 179 g/mol. The first-order chi connectivity index (χ1) is 6.19. The number of carbonyl (C=O) groups is 1. The maximum Gasteiger partial charge on any atom is 0.335 e. The first-order valence-electron chi connectivity index (χ1n) is 3.58. The summed E-state index contributed by atoms with van der Waals surface area (Å²) in [5.41, 5.74) is 0.579. The van der Waals surface area contributed by atoms with E-state index in [0.717, 1.165) is 7.48 Å². The van der Waals surface area contributed by atoms with Gasteiger partial charge in [-0.2, -0.15) is 0 Å². The zero-order valence-corrected chi connectivity index (χ0v) is 7.02. The van der Waals surface area contributed by atoms with Gasteiger partial charge in [-0.15, -0.1) is 0 Å². The quantitative estimate of drug-likeness (QED) is 0.621. The Morgan fingerprint density at radius 1 is 1.54 bits per heavy atom. The molecule has 0 heterocycles. The molecule has 0 unspecified atom stereocenters. The lowest BCUT2D eigenvalue weighted by atomic mass is 9.87. The van der Waals surface area contributed by atoms with Crippen molar-refractivity contribution in [3.8, 4) is 5.75 Å². The van der Waals surface area contributed by atoms with Crippen LogP contribution in [0.5, 0.6) is 5.75 Å². The molecule has 0 atom stereocenters. The van der Waals surface area contributed by atoms with Gasteiger partial charge in [-0.25, -0.2) is 4.79 Å². The zero-order valence-electron chi connectivity index (χ0n) is 7.02. The van der Waals surface area contributed by atoms with Crippen molar-refractivity contribution in [1.29, 1.82) is 0 Å². The number of ether oxygens (including phenoxy) is 1. The Morgan fingerprint density at radius 3 is 2.69 bits per heavy atom. The van der Waals surface area contributed by atoms with Gasteiger partial charge < -0.3 is 14.9 Å². The maximum absolute atomic E-state index is 10.5. The fourth-order valence-electron chi connectivity index (χ4n) is 0.951. The van der Waals surface area contributed by atoms with Gasteiger partial charge in [0, 0.05) is 0 Å². The van der Waals surface area contributed by atoms with Crippen LogP contribution in [0.4, 0.5) is 0 Å². The van der Waals surface area contributed by atoms with Gasteiger partial charge in [0.05, 0.1) is 12.7 Å². The molecule has 0 aliphatic carbocycles. The van der Waals surface area contributed by atoms with E-state index >= 15 is 0 Å². The van der Waals surface area contributed by atoms with Crippen LogP contribution in [0, 0.1) is 0 Å². The first kappa shape index (κ1) is 9.60. The molecule has 4 nitrogen and oxygen atoms in total. The second-order valence-corrected chi connectivity index (χ2v) is 2.39. The van der Waals surface area contributed by atoms with Gasteiger partial charge >= 0.3 is 13.5 Å². The number of hydrogen-bond acceptors (Lipinski definition) is 3. The molecule has 67 valence electrons. The minimum absolute atomic E-state index is 0.127. The van der Waals surface area contributed by atoms with Crippen molar-refractivity contribution < 1.29 is 19.7 Å². The van der Waals surface area contributed by atoms with Crippen molar-refractivity contribution >= 4 is 18.9 Å². The molecule has 1 radical (unpaired) electrons. The Balaban J connectivity index is 3.13. The Kier molecular flexibility index (Phi) is 2.92. The summed E-state index contributed by atoms with van der Waals surface area (Å²) in [5, 5.41) is 17.4. The molecule has 0 fully saturated rings. The maximum atomic E-state index is 10.5. The Labute approximate surface area is 76.0 Å². The van der Waals surface area contributed by atoms with Crippen molar-refractivity contribution in [2.45, 2.75) is 0 Å². The summed E-state index contributed by atoms with van der Waals surface area (Å²) in [4.78, 5) is 10.5. The molecular weight excluding hydrogens is 171 g/mol. The molecular formula is C8H8BO4. The SMILES string of the molecule is COc1cc(C(=O)O)ccc1[B]O. The number of carboxylic acid groups (broad SMARTS) is 1. The molecule has 0 aromatic heterocycles. The molecule has 0 aliphatic heterocycles. The molecule has 0 aliphatic rings. The van der Waals surface area contributed by atoms with Gasteiger partial charge in [-0.3, -0.25) is 0 Å². The van der Waals surface area contributed by atoms with Crippen LogP contribution in [0.1, 0.15) is 10.4 Å². The predicted octanol–water partition coefficient (Wildman–Crippen LogP) is -0.370.